The van der Waals surface area contributed by atoms with E-state index >= 15 is 0 Å². The van der Waals surface area contributed by atoms with Gasteiger partial charge in [0.2, 0.25) is 5.91 Å². The molecular formula is C21H34N4O. The Balaban J connectivity index is 1.60. The largest absolute Gasteiger partial charge is 0.355 e. The van der Waals surface area contributed by atoms with Crippen LogP contribution in [0.2, 0.25) is 0 Å². The number of rotatable bonds is 8. The second-order valence-electron chi connectivity index (χ2n) is 7.19. The minimum Gasteiger partial charge on any atom is -0.355 e. The smallest absolute Gasteiger partial charge is 0.223 e. The van der Waals surface area contributed by atoms with Crippen LogP contribution in [0.5, 0.6) is 0 Å². The lowest BCUT2D eigenvalue weighted by Crippen LogP contribution is -2.45. The molecule has 1 aliphatic carbocycles. The Morgan fingerprint density at radius 2 is 1.81 bits per heavy atom. The highest BCUT2D eigenvalue weighted by atomic mass is 16.1. The fourth-order valence-electron chi connectivity index (χ4n) is 3.40. The standard InChI is InChI=1S/C21H34N4O/c1-17(13-14-18-9-5-3-6-10-18)25-21(22-2)24-16-15-23-20(26)19-11-7-4-8-12-19/h3,5-6,9-10,17,19H,4,7-8,11-16H2,1-2H3,(H,23,26)(H2,22,24,25). The number of hydrogen-bond acceptors (Lipinski definition) is 2. The summed E-state index contributed by atoms with van der Waals surface area (Å²) in [6.45, 7) is 3.48. The topological polar surface area (TPSA) is 65.5 Å². The molecule has 2 rings (SSSR count). The third-order valence-electron chi connectivity index (χ3n) is 5.01. The Morgan fingerprint density at radius 3 is 2.50 bits per heavy atom. The number of guanidine groups is 1. The molecule has 1 amide bonds. The first-order valence-electron chi connectivity index (χ1n) is 9.98. The number of hydrogen-bond donors (Lipinski definition) is 3. The average Bonchev–Trinajstić information content (AvgIpc) is 2.70. The van der Waals surface area contributed by atoms with Gasteiger partial charge in [-0.2, -0.15) is 0 Å². The Bertz CT molecular complexity index is 552. The molecule has 0 radical (unpaired) electrons. The number of nitrogens with zero attached hydrogens (tertiary/aromatic N) is 1. The number of amides is 1. The molecule has 0 heterocycles. The predicted octanol–water partition coefficient (Wildman–Crippen LogP) is 2.87. The van der Waals surface area contributed by atoms with E-state index in [1.54, 1.807) is 7.05 Å². The van der Waals surface area contributed by atoms with E-state index in [0.717, 1.165) is 31.6 Å². The van der Waals surface area contributed by atoms with Crippen molar-refractivity contribution in [2.24, 2.45) is 10.9 Å². The van der Waals surface area contributed by atoms with Crippen molar-refractivity contribution in [1.82, 2.24) is 16.0 Å². The van der Waals surface area contributed by atoms with Crippen molar-refractivity contribution in [3.8, 4) is 0 Å². The Labute approximate surface area is 158 Å². The summed E-state index contributed by atoms with van der Waals surface area (Å²) in [6, 6.07) is 10.9. The number of benzene rings is 1. The van der Waals surface area contributed by atoms with Crippen LogP contribution in [-0.4, -0.2) is 38.0 Å². The van der Waals surface area contributed by atoms with Crippen molar-refractivity contribution in [2.45, 2.75) is 57.9 Å². The number of nitrogens with one attached hydrogen (secondary N) is 3. The van der Waals surface area contributed by atoms with Gasteiger partial charge in [-0.05, 0) is 38.2 Å². The summed E-state index contributed by atoms with van der Waals surface area (Å²) >= 11 is 0. The zero-order valence-corrected chi connectivity index (χ0v) is 16.3. The maximum atomic E-state index is 12.1. The average molecular weight is 359 g/mol. The molecule has 0 spiro atoms. The molecule has 1 aliphatic rings. The third-order valence-corrected chi connectivity index (χ3v) is 5.01. The summed E-state index contributed by atoms with van der Waals surface area (Å²) in [5, 5.41) is 9.74. The van der Waals surface area contributed by atoms with Crippen LogP contribution in [-0.2, 0) is 11.2 Å². The molecule has 26 heavy (non-hydrogen) atoms. The molecule has 1 aromatic carbocycles. The van der Waals surface area contributed by atoms with Gasteiger partial charge >= 0.3 is 0 Å². The normalized spacial score (nSPS) is 16.8. The summed E-state index contributed by atoms with van der Waals surface area (Å²) in [4.78, 5) is 16.4. The highest BCUT2D eigenvalue weighted by Crippen LogP contribution is 2.23. The monoisotopic (exact) mass is 358 g/mol. The van der Waals surface area contributed by atoms with E-state index in [4.69, 9.17) is 0 Å². The van der Waals surface area contributed by atoms with Crippen LogP contribution >= 0.6 is 0 Å². The maximum Gasteiger partial charge on any atom is 0.223 e. The SMILES string of the molecule is CN=C(NCCNC(=O)C1CCCCC1)NC(C)CCc1ccccc1. The van der Waals surface area contributed by atoms with E-state index in [-0.39, 0.29) is 11.8 Å². The molecule has 1 atom stereocenters. The van der Waals surface area contributed by atoms with Crippen molar-refractivity contribution < 1.29 is 4.79 Å². The molecule has 0 saturated heterocycles. The summed E-state index contributed by atoms with van der Waals surface area (Å²) in [6.07, 6.45) is 7.83. The lowest BCUT2D eigenvalue weighted by atomic mass is 9.89. The van der Waals surface area contributed by atoms with Crippen LogP contribution in [0.1, 0.15) is 51.0 Å². The second-order valence-corrected chi connectivity index (χ2v) is 7.19. The Morgan fingerprint density at radius 1 is 1.12 bits per heavy atom. The van der Waals surface area contributed by atoms with Gasteiger partial charge in [-0.15, -0.1) is 0 Å². The number of carbonyl (C=O) groups is 1. The molecule has 5 heteroatoms. The summed E-state index contributed by atoms with van der Waals surface area (Å²) in [5.41, 5.74) is 1.36. The molecule has 3 N–H and O–H groups in total. The molecule has 1 aromatic rings. The molecule has 0 bridgehead atoms. The van der Waals surface area contributed by atoms with Gasteiger partial charge in [0, 0.05) is 32.1 Å². The van der Waals surface area contributed by atoms with E-state index in [0.29, 0.717) is 19.1 Å². The van der Waals surface area contributed by atoms with Gasteiger partial charge in [-0.3, -0.25) is 9.79 Å². The lowest BCUT2D eigenvalue weighted by molar-refractivity contribution is -0.125. The molecular weight excluding hydrogens is 324 g/mol. The Hall–Kier alpha value is -2.04. The van der Waals surface area contributed by atoms with Crippen molar-refractivity contribution in [2.75, 3.05) is 20.1 Å². The molecule has 1 fully saturated rings. The van der Waals surface area contributed by atoms with Crippen LogP contribution in [0.3, 0.4) is 0 Å². The molecule has 5 nitrogen and oxygen atoms in total. The van der Waals surface area contributed by atoms with Gasteiger partial charge in [0.15, 0.2) is 5.96 Å². The zero-order valence-electron chi connectivity index (χ0n) is 16.3. The van der Waals surface area contributed by atoms with Crippen LogP contribution < -0.4 is 16.0 Å². The van der Waals surface area contributed by atoms with E-state index in [2.05, 4.69) is 52.1 Å². The molecule has 0 aromatic heterocycles. The maximum absolute atomic E-state index is 12.1. The van der Waals surface area contributed by atoms with E-state index in [9.17, 15) is 4.79 Å². The van der Waals surface area contributed by atoms with Crippen LogP contribution in [0.4, 0.5) is 0 Å². The van der Waals surface area contributed by atoms with Gasteiger partial charge in [-0.25, -0.2) is 0 Å². The fourth-order valence-corrected chi connectivity index (χ4v) is 3.40. The lowest BCUT2D eigenvalue weighted by Gasteiger charge is -2.21. The van der Waals surface area contributed by atoms with Crippen molar-refractivity contribution in [1.29, 1.82) is 0 Å². The first-order valence-corrected chi connectivity index (χ1v) is 9.98. The second kappa shape index (κ2) is 11.6. The molecule has 0 aliphatic heterocycles. The quantitative estimate of drug-likeness (QED) is 0.380. The van der Waals surface area contributed by atoms with Gasteiger partial charge in [0.25, 0.3) is 0 Å². The van der Waals surface area contributed by atoms with Crippen LogP contribution in [0.25, 0.3) is 0 Å². The number of aliphatic imine (C=N–C) groups is 1. The van der Waals surface area contributed by atoms with Crippen molar-refractivity contribution in [3.05, 3.63) is 35.9 Å². The van der Waals surface area contributed by atoms with Gasteiger partial charge < -0.3 is 16.0 Å². The van der Waals surface area contributed by atoms with Crippen molar-refractivity contribution in [3.63, 3.8) is 0 Å². The summed E-state index contributed by atoms with van der Waals surface area (Å²) in [5.74, 6) is 1.22. The third kappa shape index (κ3) is 7.46. The summed E-state index contributed by atoms with van der Waals surface area (Å²) in [7, 11) is 1.78. The fraction of sp³-hybridized carbons (Fsp3) is 0.619. The molecule has 1 unspecified atom stereocenters. The number of carbonyl (C=O) groups excluding carboxylic acids is 1. The predicted molar refractivity (Wildman–Crippen MR) is 108 cm³/mol. The highest BCUT2D eigenvalue weighted by molar-refractivity contribution is 5.80. The van der Waals surface area contributed by atoms with Gasteiger partial charge in [-0.1, -0.05) is 49.6 Å². The number of aryl methyl sites for hydroxylation is 1. The highest BCUT2D eigenvalue weighted by Gasteiger charge is 2.20. The zero-order chi connectivity index (χ0) is 18.6. The molecule has 1 saturated carbocycles. The Kier molecular flexibility index (Phi) is 9.01. The molecule has 144 valence electrons. The minimum atomic E-state index is 0.214. The van der Waals surface area contributed by atoms with Gasteiger partial charge in [0.1, 0.15) is 0 Å². The minimum absolute atomic E-state index is 0.214. The van der Waals surface area contributed by atoms with Crippen molar-refractivity contribution >= 4 is 11.9 Å². The van der Waals surface area contributed by atoms with Gasteiger partial charge in [0.05, 0.1) is 0 Å². The van der Waals surface area contributed by atoms with E-state index in [1.807, 2.05) is 6.07 Å². The van der Waals surface area contributed by atoms with Crippen LogP contribution in [0.15, 0.2) is 35.3 Å². The van der Waals surface area contributed by atoms with E-state index < -0.39 is 0 Å². The first kappa shape index (κ1) is 20.3. The van der Waals surface area contributed by atoms with Crippen LogP contribution in [0, 0.1) is 5.92 Å². The van der Waals surface area contributed by atoms with E-state index in [1.165, 1.54) is 24.8 Å². The first-order chi connectivity index (χ1) is 12.7. The summed E-state index contributed by atoms with van der Waals surface area (Å²) < 4.78 is 0.